The Morgan fingerprint density at radius 1 is 1.16 bits per heavy atom. The summed E-state index contributed by atoms with van der Waals surface area (Å²) in [6, 6.07) is 13.4. The molecule has 12 heteroatoms. The van der Waals surface area contributed by atoms with Crippen LogP contribution in [-0.2, 0) is 44.0 Å². The van der Waals surface area contributed by atoms with Crippen molar-refractivity contribution >= 4 is 33.1 Å². The van der Waals surface area contributed by atoms with Gasteiger partial charge in [0.2, 0.25) is 5.91 Å². The van der Waals surface area contributed by atoms with Crippen molar-refractivity contribution in [3.8, 4) is 10.6 Å². The molecule has 263 valence electrons. The zero-order chi connectivity index (χ0) is 34.6. The van der Waals surface area contributed by atoms with E-state index in [1.165, 1.54) is 21.9 Å². The Hall–Kier alpha value is -2.38. The molecule has 1 amide bonds. The Morgan fingerprint density at radius 3 is 2.53 bits per heavy atom. The van der Waals surface area contributed by atoms with E-state index in [-0.39, 0.29) is 50.4 Å². The number of piperidine rings is 1. The average Bonchev–Trinajstić information content (AvgIpc) is 3.75. The SMILES string of the molecule is CCC(C)c1ccnc2cc(-c3ccc(CN4CCC[C@@H](C(=O)NCCN(C)C)C4)cn3)sc12.Cc1ccc(NO)cc1F.[NH-]C1CC1.[Y]. The van der Waals surface area contributed by atoms with Crippen LogP contribution in [0.1, 0.15) is 68.6 Å². The number of benzene rings is 1. The number of nitrogens with one attached hydrogen (secondary N) is 3. The molecule has 0 spiro atoms. The van der Waals surface area contributed by atoms with E-state index in [9.17, 15) is 9.18 Å². The number of thiophene rings is 1. The minimum absolute atomic E-state index is 0. The Bertz CT molecular complexity index is 1600. The number of pyridine rings is 2. The van der Waals surface area contributed by atoms with Crippen molar-refractivity contribution in [2.45, 2.75) is 71.4 Å². The number of likely N-dealkylation sites (tertiary alicyclic amines) is 1. The van der Waals surface area contributed by atoms with Gasteiger partial charge in [0.25, 0.3) is 0 Å². The van der Waals surface area contributed by atoms with E-state index < -0.39 is 0 Å². The number of aryl methyl sites for hydroxylation is 1. The number of aromatic nitrogens is 2. The fraction of sp³-hybridized carbons (Fsp3) is 0.486. The van der Waals surface area contributed by atoms with Gasteiger partial charge in [-0.1, -0.05) is 38.8 Å². The molecule has 4 heterocycles. The van der Waals surface area contributed by atoms with E-state index in [0.29, 0.717) is 29.8 Å². The van der Waals surface area contributed by atoms with Gasteiger partial charge in [-0.25, -0.2) is 4.39 Å². The number of likely N-dealkylation sites (N-methyl/N-ethyl adjacent to an activating group) is 1. The van der Waals surface area contributed by atoms with E-state index in [1.54, 1.807) is 30.4 Å². The van der Waals surface area contributed by atoms with Gasteiger partial charge in [-0.2, -0.15) is 0 Å². The maximum atomic E-state index is 12.6. The van der Waals surface area contributed by atoms with Crippen molar-refractivity contribution in [3.05, 3.63) is 83.1 Å². The molecule has 49 heavy (non-hydrogen) atoms. The number of carbonyl (C=O) groups excluding carboxylic acids is 1. The molecule has 2 aliphatic rings. The first-order valence-corrected chi connectivity index (χ1v) is 17.7. The third kappa shape index (κ3) is 13.0. The van der Waals surface area contributed by atoms with Gasteiger partial charge in [0.1, 0.15) is 5.82 Å². The number of halogens is 1. The standard InChI is InChI=1S/C27H37N5OS.C7H8FNO.C3H6N.Y/c1-5-19(2)22-10-11-28-24-15-25(34-26(22)24)23-9-8-20(16-30-23)17-32-13-6-7-21(18-32)27(33)29-12-14-31(3)4;1-5-2-3-6(9-10)4-7(5)8;4-3-1-2-3;/h8-11,15-16,19,21H,5-7,12-14,17-18H2,1-4H3,(H,29,33);2-4,9-10H,1H3;3-4H,1-2H2;/q;;-1;/t19?,21-;;;/m1.../s1. The van der Waals surface area contributed by atoms with Crippen molar-refractivity contribution in [1.29, 1.82) is 0 Å². The summed E-state index contributed by atoms with van der Waals surface area (Å²) in [6.07, 6.45) is 9.37. The van der Waals surface area contributed by atoms with E-state index in [2.05, 4.69) is 58.2 Å². The number of anilines is 1. The van der Waals surface area contributed by atoms with Crippen molar-refractivity contribution in [1.82, 2.24) is 25.1 Å². The molecule has 0 bridgehead atoms. The van der Waals surface area contributed by atoms with Crippen molar-refractivity contribution < 1.29 is 47.1 Å². The van der Waals surface area contributed by atoms with E-state index in [0.717, 1.165) is 74.4 Å². The topological polar surface area (TPSA) is 117 Å². The van der Waals surface area contributed by atoms with Crippen LogP contribution in [0.25, 0.3) is 26.5 Å². The van der Waals surface area contributed by atoms with Gasteiger partial charge >= 0.3 is 0 Å². The summed E-state index contributed by atoms with van der Waals surface area (Å²) in [5.74, 6) is 0.471. The van der Waals surface area contributed by atoms with Gasteiger partial charge in [-0.3, -0.25) is 30.3 Å². The molecular weight excluding hydrogens is 714 g/mol. The molecule has 3 aromatic heterocycles. The molecule has 1 aliphatic heterocycles. The third-order valence-electron chi connectivity index (χ3n) is 8.68. The number of hydrogen-bond donors (Lipinski definition) is 3. The van der Waals surface area contributed by atoms with Gasteiger partial charge in [0, 0.05) is 71.3 Å². The largest absolute Gasteiger partial charge is 0.675 e. The first-order valence-electron chi connectivity index (χ1n) is 16.9. The summed E-state index contributed by atoms with van der Waals surface area (Å²) in [6.45, 7) is 10.4. The Labute approximate surface area is 320 Å². The normalized spacial score (nSPS) is 16.5. The molecule has 4 aromatic rings. The molecule has 1 unspecified atom stereocenters. The zero-order valence-corrected chi connectivity index (χ0v) is 33.2. The molecule has 1 saturated carbocycles. The van der Waals surface area contributed by atoms with Gasteiger partial charge in [0.05, 0.1) is 32.4 Å². The summed E-state index contributed by atoms with van der Waals surface area (Å²) in [4.78, 5) is 27.6. The van der Waals surface area contributed by atoms with Crippen LogP contribution < -0.4 is 10.8 Å². The number of hydrogen-bond acceptors (Lipinski definition) is 8. The molecule has 2 fully saturated rings. The molecule has 1 radical (unpaired) electrons. The second-order valence-corrected chi connectivity index (χ2v) is 14.2. The second kappa shape index (κ2) is 20.5. The Balaban J connectivity index is 0.000000359. The van der Waals surface area contributed by atoms with Gasteiger partial charge in [-0.15, -0.1) is 17.4 Å². The number of rotatable bonds is 10. The maximum absolute atomic E-state index is 12.6. The minimum Gasteiger partial charge on any atom is -0.675 e. The first kappa shape index (κ1) is 41.0. The van der Waals surface area contributed by atoms with Crippen LogP contribution in [-0.4, -0.2) is 77.2 Å². The Kier molecular flexibility index (Phi) is 17.1. The quantitative estimate of drug-likeness (QED) is 0.141. The molecule has 1 aliphatic carbocycles. The zero-order valence-electron chi connectivity index (χ0n) is 29.5. The number of nitrogens with zero attached hydrogens (tertiary/aromatic N) is 4. The van der Waals surface area contributed by atoms with E-state index in [4.69, 9.17) is 15.9 Å². The van der Waals surface area contributed by atoms with Crippen LogP contribution in [0.2, 0.25) is 0 Å². The summed E-state index contributed by atoms with van der Waals surface area (Å²) in [5, 5.41) is 11.4. The van der Waals surface area contributed by atoms with Crippen molar-refractivity contribution in [2.75, 3.05) is 45.8 Å². The monoisotopic (exact) mass is 765 g/mol. The third-order valence-corrected chi connectivity index (χ3v) is 9.88. The van der Waals surface area contributed by atoms with Gasteiger partial charge in [-0.05, 0) is 99.8 Å². The summed E-state index contributed by atoms with van der Waals surface area (Å²) in [5.41, 5.74) is 14.1. The van der Waals surface area contributed by atoms with Crippen LogP contribution in [0.15, 0.2) is 54.9 Å². The second-order valence-electron chi connectivity index (χ2n) is 13.1. The van der Waals surface area contributed by atoms with Crippen molar-refractivity contribution in [2.24, 2.45) is 5.92 Å². The van der Waals surface area contributed by atoms with Gasteiger partial charge < -0.3 is 16.0 Å². The molecule has 4 N–H and O–H groups in total. The molecule has 6 rings (SSSR count). The number of carbonyl (C=O) groups is 1. The van der Waals surface area contributed by atoms with Crippen molar-refractivity contribution in [3.63, 3.8) is 0 Å². The fourth-order valence-corrected chi connectivity index (χ4v) is 6.54. The number of amides is 1. The van der Waals surface area contributed by atoms with Crippen LogP contribution in [0.5, 0.6) is 0 Å². The van der Waals surface area contributed by atoms with E-state index >= 15 is 0 Å². The molecule has 9 nitrogen and oxygen atoms in total. The van der Waals surface area contributed by atoms with Crippen LogP contribution in [0.3, 0.4) is 0 Å². The van der Waals surface area contributed by atoms with E-state index in [1.807, 2.05) is 32.0 Å². The van der Waals surface area contributed by atoms with Gasteiger partial charge in [0.15, 0.2) is 0 Å². The van der Waals surface area contributed by atoms with Crippen LogP contribution in [0, 0.1) is 18.7 Å². The summed E-state index contributed by atoms with van der Waals surface area (Å²) < 4.78 is 13.9. The summed E-state index contributed by atoms with van der Waals surface area (Å²) >= 11 is 1.79. The minimum atomic E-state index is -0.320. The molecule has 1 aromatic carbocycles. The first-order chi connectivity index (χ1) is 23.1. The fourth-order valence-electron chi connectivity index (χ4n) is 5.32. The maximum Gasteiger partial charge on any atom is 0.224 e. The molecular formula is C37H51FN7O2SY-. The van der Waals surface area contributed by atoms with Crippen LogP contribution >= 0.6 is 11.3 Å². The molecule has 1 saturated heterocycles. The molecule has 2 atom stereocenters. The predicted molar refractivity (Wildman–Crippen MR) is 195 cm³/mol. The average molecular weight is 766 g/mol. The Morgan fingerprint density at radius 2 is 1.92 bits per heavy atom. The predicted octanol–water partition coefficient (Wildman–Crippen LogP) is 7.90. The number of fused-ring (bicyclic) bond motifs is 1. The van der Waals surface area contributed by atoms with Crippen LogP contribution in [0.4, 0.5) is 10.1 Å². The smallest absolute Gasteiger partial charge is 0.224 e. The summed E-state index contributed by atoms with van der Waals surface area (Å²) in [7, 11) is 4.05.